The molecule has 116 valence electrons. The molecule has 0 N–H and O–H groups in total. The van der Waals surface area contributed by atoms with E-state index in [2.05, 4.69) is 11.4 Å². The number of likely N-dealkylation sites (N-methyl/N-ethyl adjacent to an activating group) is 1. The van der Waals surface area contributed by atoms with Crippen LogP contribution >= 0.6 is 11.3 Å². The van der Waals surface area contributed by atoms with Gasteiger partial charge >= 0.3 is 6.09 Å². The Labute approximate surface area is 130 Å². The summed E-state index contributed by atoms with van der Waals surface area (Å²) in [5.74, 6) is 0. The number of thiophene rings is 1. The van der Waals surface area contributed by atoms with E-state index < -0.39 is 5.60 Å². The zero-order valence-electron chi connectivity index (χ0n) is 13.1. The first-order valence-electron chi connectivity index (χ1n) is 7.44. The Morgan fingerprint density at radius 2 is 2.24 bits per heavy atom. The van der Waals surface area contributed by atoms with Crippen LogP contribution in [0.2, 0.25) is 0 Å². The summed E-state index contributed by atoms with van der Waals surface area (Å²) in [6.07, 6.45) is 2.13. The highest BCUT2D eigenvalue weighted by atomic mass is 32.1. The second-order valence-corrected chi connectivity index (χ2v) is 8.06. The molecule has 21 heavy (non-hydrogen) atoms. The average Bonchev–Trinajstić information content (AvgIpc) is 2.96. The van der Waals surface area contributed by atoms with Crippen molar-refractivity contribution in [3.63, 3.8) is 0 Å². The van der Waals surface area contributed by atoms with Gasteiger partial charge in [-0.25, -0.2) is 4.79 Å². The first-order valence-corrected chi connectivity index (χ1v) is 8.32. The second kappa shape index (κ2) is 4.99. The molecule has 2 heterocycles. The zero-order chi connectivity index (χ0) is 15.3. The Bertz CT molecular complexity index is 542. The van der Waals surface area contributed by atoms with Gasteiger partial charge in [0, 0.05) is 17.3 Å². The molecule has 1 atom stereocenters. The third kappa shape index (κ3) is 2.94. The first-order chi connectivity index (χ1) is 9.81. The normalized spacial score (nSPS) is 22.8. The third-order valence-electron chi connectivity index (χ3n) is 4.08. The van der Waals surface area contributed by atoms with Gasteiger partial charge in [0.1, 0.15) is 11.7 Å². The van der Waals surface area contributed by atoms with Gasteiger partial charge in [-0.1, -0.05) is 0 Å². The van der Waals surface area contributed by atoms with Gasteiger partial charge in [-0.05, 0) is 50.6 Å². The molecule has 2 aliphatic rings. The molecule has 1 aliphatic heterocycles. The highest BCUT2D eigenvalue weighted by Gasteiger charge is 2.50. The van der Waals surface area contributed by atoms with E-state index in [1.165, 1.54) is 23.3 Å². The summed E-state index contributed by atoms with van der Waals surface area (Å²) in [6, 6.07) is 2.15. The highest BCUT2D eigenvalue weighted by Crippen LogP contribution is 2.55. The molecule has 0 saturated heterocycles. The van der Waals surface area contributed by atoms with Gasteiger partial charge in [-0.15, -0.1) is 11.3 Å². The number of ether oxygens (including phenoxy) is 2. The maximum Gasteiger partial charge on any atom is 0.410 e. The molecule has 3 rings (SSSR count). The minimum atomic E-state index is -0.468. The van der Waals surface area contributed by atoms with Crippen LogP contribution in [0.25, 0.3) is 0 Å². The molecule has 5 heteroatoms. The maximum atomic E-state index is 12.1. The predicted molar refractivity (Wildman–Crippen MR) is 82.8 cm³/mol. The van der Waals surface area contributed by atoms with Gasteiger partial charge in [0.2, 0.25) is 0 Å². The quantitative estimate of drug-likeness (QED) is 0.836. The van der Waals surface area contributed by atoms with Crippen LogP contribution in [0.5, 0.6) is 0 Å². The molecule has 0 bridgehead atoms. The lowest BCUT2D eigenvalue weighted by molar-refractivity contribution is -0.0101. The Morgan fingerprint density at radius 3 is 2.86 bits per heavy atom. The summed E-state index contributed by atoms with van der Waals surface area (Å²) < 4.78 is 11.4. The summed E-state index contributed by atoms with van der Waals surface area (Å²) in [6.45, 7) is 6.96. The Morgan fingerprint density at radius 1 is 1.52 bits per heavy atom. The topological polar surface area (TPSA) is 38.8 Å². The van der Waals surface area contributed by atoms with Gasteiger partial charge in [0.15, 0.2) is 0 Å². The standard InChI is InChI=1S/C16H23NO3S/c1-15(2,3)20-14(18)17(4)9-12-11-5-8-21-13(11)16(6-7-16)10-19-12/h5,8,12H,6-7,9-10H2,1-4H3. The molecule has 1 unspecified atom stereocenters. The van der Waals surface area contributed by atoms with Gasteiger partial charge in [0.25, 0.3) is 0 Å². The third-order valence-corrected chi connectivity index (χ3v) is 5.26. The van der Waals surface area contributed by atoms with Crippen molar-refractivity contribution < 1.29 is 14.3 Å². The number of fused-ring (bicyclic) bond motifs is 2. The lowest BCUT2D eigenvalue weighted by atomic mass is 9.95. The first kappa shape index (κ1) is 14.9. The van der Waals surface area contributed by atoms with Crippen LogP contribution in [0.4, 0.5) is 4.79 Å². The maximum absolute atomic E-state index is 12.1. The fourth-order valence-corrected chi connectivity index (χ4v) is 3.96. The van der Waals surface area contributed by atoms with Crippen molar-refractivity contribution in [2.24, 2.45) is 0 Å². The van der Waals surface area contributed by atoms with E-state index in [4.69, 9.17) is 9.47 Å². The highest BCUT2D eigenvalue weighted by molar-refractivity contribution is 7.10. The van der Waals surface area contributed by atoms with Crippen molar-refractivity contribution in [3.05, 3.63) is 21.9 Å². The van der Waals surface area contributed by atoms with Crippen molar-refractivity contribution in [2.45, 2.75) is 50.7 Å². The Kier molecular flexibility index (Phi) is 3.53. The van der Waals surface area contributed by atoms with Crippen molar-refractivity contribution in [1.29, 1.82) is 0 Å². The number of amides is 1. The summed E-state index contributed by atoms with van der Waals surface area (Å²) >= 11 is 1.83. The summed E-state index contributed by atoms with van der Waals surface area (Å²) in [5, 5.41) is 2.14. The molecule has 1 fully saturated rings. The van der Waals surface area contributed by atoms with Gasteiger partial charge in [-0.3, -0.25) is 0 Å². The molecule has 1 amide bonds. The van der Waals surface area contributed by atoms with Crippen LogP contribution < -0.4 is 0 Å². The Balaban J connectivity index is 1.68. The van der Waals surface area contributed by atoms with Crippen molar-refractivity contribution in [2.75, 3.05) is 20.2 Å². The van der Waals surface area contributed by atoms with Crippen LogP contribution in [-0.4, -0.2) is 36.8 Å². The molecule has 1 aromatic heterocycles. The Hall–Kier alpha value is -1.07. The minimum Gasteiger partial charge on any atom is -0.444 e. The van der Waals surface area contributed by atoms with Crippen LogP contribution in [0.15, 0.2) is 11.4 Å². The second-order valence-electron chi connectivity index (χ2n) is 7.15. The van der Waals surface area contributed by atoms with E-state index in [0.29, 0.717) is 12.0 Å². The summed E-state index contributed by atoms with van der Waals surface area (Å²) in [4.78, 5) is 15.2. The van der Waals surface area contributed by atoms with Crippen LogP contribution in [0.1, 0.15) is 50.2 Å². The van der Waals surface area contributed by atoms with E-state index >= 15 is 0 Å². The van der Waals surface area contributed by atoms with Crippen LogP contribution in [0.3, 0.4) is 0 Å². The van der Waals surface area contributed by atoms with Gasteiger partial charge in [-0.2, -0.15) is 0 Å². The minimum absolute atomic E-state index is 0.0324. The summed E-state index contributed by atoms with van der Waals surface area (Å²) in [5.41, 5.74) is 1.09. The molecule has 1 saturated carbocycles. The monoisotopic (exact) mass is 309 g/mol. The van der Waals surface area contributed by atoms with E-state index in [-0.39, 0.29) is 12.2 Å². The number of nitrogens with zero attached hydrogens (tertiary/aromatic N) is 1. The van der Waals surface area contributed by atoms with E-state index in [1.54, 1.807) is 11.9 Å². The van der Waals surface area contributed by atoms with Gasteiger partial charge in [0.05, 0.1) is 13.2 Å². The molecule has 1 aliphatic carbocycles. The lowest BCUT2D eigenvalue weighted by Gasteiger charge is -2.32. The largest absolute Gasteiger partial charge is 0.444 e. The number of rotatable bonds is 2. The van der Waals surface area contributed by atoms with E-state index in [9.17, 15) is 4.79 Å². The molecule has 0 radical (unpaired) electrons. The average molecular weight is 309 g/mol. The van der Waals surface area contributed by atoms with E-state index in [1.807, 2.05) is 32.1 Å². The molecule has 0 aromatic carbocycles. The molecule has 4 nitrogen and oxygen atoms in total. The van der Waals surface area contributed by atoms with E-state index in [0.717, 1.165) is 6.61 Å². The number of hydrogen-bond donors (Lipinski definition) is 0. The number of hydrogen-bond acceptors (Lipinski definition) is 4. The molecular weight excluding hydrogens is 286 g/mol. The van der Waals surface area contributed by atoms with Crippen LogP contribution in [-0.2, 0) is 14.9 Å². The molecule has 1 spiro atoms. The van der Waals surface area contributed by atoms with Crippen molar-refractivity contribution in [1.82, 2.24) is 4.90 Å². The SMILES string of the molecule is CN(CC1OCC2(CC2)c2sccc21)C(=O)OC(C)(C)C. The zero-order valence-corrected chi connectivity index (χ0v) is 14.0. The fraction of sp³-hybridized carbons (Fsp3) is 0.688. The molecule has 1 aromatic rings. The van der Waals surface area contributed by atoms with Crippen molar-refractivity contribution in [3.8, 4) is 0 Å². The van der Waals surface area contributed by atoms with Gasteiger partial charge < -0.3 is 14.4 Å². The number of carbonyl (C=O) groups excluding carboxylic acids is 1. The predicted octanol–water partition coefficient (Wildman–Crippen LogP) is 3.72. The molecular formula is C16H23NO3S. The smallest absolute Gasteiger partial charge is 0.410 e. The lowest BCUT2D eigenvalue weighted by Crippen LogP contribution is -2.38. The number of carbonyl (C=O) groups is 1. The van der Waals surface area contributed by atoms with Crippen LogP contribution in [0, 0.1) is 0 Å². The summed E-state index contributed by atoms with van der Waals surface area (Å²) in [7, 11) is 1.77. The fourth-order valence-electron chi connectivity index (χ4n) is 2.76. The van der Waals surface area contributed by atoms with Crippen molar-refractivity contribution >= 4 is 17.4 Å².